The molecule has 0 unspecified atom stereocenters. The lowest BCUT2D eigenvalue weighted by molar-refractivity contribution is 0.0584. The molecule has 2 aliphatic rings. The highest BCUT2D eigenvalue weighted by atomic mass is 16.2. The van der Waals surface area contributed by atoms with Gasteiger partial charge in [0.15, 0.2) is 0 Å². The first-order valence-electron chi connectivity index (χ1n) is 9.21. The van der Waals surface area contributed by atoms with Crippen molar-refractivity contribution in [3.8, 4) is 11.1 Å². The molecule has 1 N–H and O–H groups in total. The van der Waals surface area contributed by atoms with Crippen LogP contribution in [0.3, 0.4) is 0 Å². The summed E-state index contributed by atoms with van der Waals surface area (Å²) in [5.74, 6) is 0.156. The first kappa shape index (κ1) is 16.3. The van der Waals surface area contributed by atoms with Crippen molar-refractivity contribution in [1.82, 2.24) is 15.1 Å². The number of hydrogen-bond donors (Lipinski definition) is 1. The van der Waals surface area contributed by atoms with Crippen molar-refractivity contribution in [3.05, 3.63) is 60.2 Å². The summed E-state index contributed by atoms with van der Waals surface area (Å²) < 4.78 is 0. The number of benzene rings is 2. The Labute approximate surface area is 149 Å². The van der Waals surface area contributed by atoms with Crippen LogP contribution in [-0.2, 0) is 0 Å². The lowest BCUT2D eigenvalue weighted by Gasteiger charge is -2.38. The monoisotopic (exact) mass is 335 g/mol. The highest BCUT2D eigenvalue weighted by Gasteiger charge is 2.28. The van der Waals surface area contributed by atoms with Crippen LogP contribution in [0.15, 0.2) is 54.6 Å². The third-order valence-corrected chi connectivity index (χ3v) is 5.39. The van der Waals surface area contributed by atoms with Gasteiger partial charge in [0, 0.05) is 44.3 Å². The van der Waals surface area contributed by atoms with E-state index in [1.165, 1.54) is 6.42 Å². The molecule has 0 aliphatic carbocycles. The minimum Gasteiger partial charge on any atom is -0.336 e. The first-order valence-corrected chi connectivity index (χ1v) is 9.21. The number of nitrogens with zero attached hydrogens (tertiary/aromatic N) is 2. The highest BCUT2D eigenvalue weighted by Crippen LogP contribution is 2.25. The zero-order chi connectivity index (χ0) is 17.1. The Kier molecular flexibility index (Phi) is 4.81. The van der Waals surface area contributed by atoms with Gasteiger partial charge in [0.1, 0.15) is 0 Å². The molecule has 2 aliphatic heterocycles. The van der Waals surface area contributed by atoms with Crippen LogP contribution in [0.2, 0.25) is 0 Å². The van der Waals surface area contributed by atoms with Crippen LogP contribution in [0.1, 0.15) is 16.8 Å². The fourth-order valence-corrected chi connectivity index (χ4v) is 3.95. The van der Waals surface area contributed by atoms with Gasteiger partial charge in [0.05, 0.1) is 0 Å². The Morgan fingerprint density at radius 3 is 2.36 bits per heavy atom. The summed E-state index contributed by atoms with van der Waals surface area (Å²) in [5, 5.41) is 3.43. The molecule has 2 heterocycles. The van der Waals surface area contributed by atoms with Crippen molar-refractivity contribution in [2.24, 2.45) is 0 Å². The minimum absolute atomic E-state index is 0.156. The zero-order valence-electron chi connectivity index (χ0n) is 14.5. The molecule has 2 aromatic carbocycles. The van der Waals surface area contributed by atoms with Crippen LogP contribution in [0.5, 0.6) is 0 Å². The largest absolute Gasteiger partial charge is 0.336 e. The van der Waals surface area contributed by atoms with Crippen LogP contribution in [0, 0.1) is 0 Å². The van der Waals surface area contributed by atoms with Crippen LogP contribution >= 0.6 is 0 Å². The molecule has 0 saturated carbocycles. The van der Waals surface area contributed by atoms with Crippen LogP contribution in [0.25, 0.3) is 11.1 Å². The van der Waals surface area contributed by atoms with Gasteiger partial charge in [-0.05, 0) is 30.2 Å². The average molecular weight is 335 g/mol. The van der Waals surface area contributed by atoms with E-state index in [-0.39, 0.29) is 5.91 Å². The van der Waals surface area contributed by atoms with Gasteiger partial charge in [-0.15, -0.1) is 0 Å². The molecule has 0 radical (unpaired) electrons. The summed E-state index contributed by atoms with van der Waals surface area (Å²) in [6.45, 7) is 5.80. The summed E-state index contributed by atoms with van der Waals surface area (Å²) in [6.07, 6.45) is 1.23. The van der Waals surface area contributed by atoms with Crippen molar-refractivity contribution in [3.63, 3.8) is 0 Å². The summed E-state index contributed by atoms with van der Waals surface area (Å²) in [7, 11) is 0. The summed E-state index contributed by atoms with van der Waals surface area (Å²) >= 11 is 0. The normalized spacial score (nSPS) is 21.4. The molecular weight excluding hydrogens is 310 g/mol. The maximum absolute atomic E-state index is 13.1. The number of hydrogen-bond acceptors (Lipinski definition) is 3. The maximum atomic E-state index is 13.1. The first-order chi connectivity index (χ1) is 12.3. The fraction of sp³-hybridized carbons (Fsp3) is 0.381. The molecule has 1 atom stereocenters. The van der Waals surface area contributed by atoms with Crippen molar-refractivity contribution >= 4 is 5.91 Å². The molecule has 0 aromatic heterocycles. The number of carbonyl (C=O) groups is 1. The molecule has 0 spiro atoms. The van der Waals surface area contributed by atoms with E-state index in [1.807, 2.05) is 47.4 Å². The van der Waals surface area contributed by atoms with E-state index in [2.05, 4.69) is 22.3 Å². The molecule has 4 rings (SSSR count). The number of carbonyl (C=O) groups excluding carboxylic acids is 1. The second kappa shape index (κ2) is 7.38. The molecule has 1 amide bonds. The standard InChI is InChI=1S/C21H25N3O/c25-21(24-14-12-23(13-15-24)18-10-11-22-16-18)20-9-5-4-8-19(20)17-6-2-1-3-7-17/h1-9,18,22H,10-16H2/t18-/m1/s1. The van der Waals surface area contributed by atoms with Gasteiger partial charge in [0.2, 0.25) is 0 Å². The lowest BCUT2D eigenvalue weighted by Crippen LogP contribution is -2.52. The highest BCUT2D eigenvalue weighted by molar-refractivity contribution is 6.00. The Bertz CT molecular complexity index is 717. The predicted molar refractivity (Wildman–Crippen MR) is 101 cm³/mol. The van der Waals surface area contributed by atoms with Gasteiger partial charge in [0.25, 0.3) is 5.91 Å². The quantitative estimate of drug-likeness (QED) is 0.936. The molecule has 0 bridgehead atoms. The van der Waals surface area contributed by atoms with Crippen molar-refractivity contribution in [2.75, 3.05) is 39.3 Å². The van der Waals surface area contributed by atoms with E-state index < -0.39 is 0 Å². The molecule has 2 aromatic rings. The molecule has 4 heteroatoms. The number of rotatable bonds is 3. The fourth-order valence-electron chi connectivity index (χ4n) is 3.95. The minimum atomic E-state index is 0.156. The van der Waals surface area contributed by atoms with E-state index in [4.69, 9.17) is 0 Å². The van der Waals surface area contributed by atoms with Crippen LogP contribution < -0.4 is 5.32 Å². The van der Waals surface area contributed by atoms with Gasteiger partial charge in [-0.25, -0.2) is 0 Å². The molecule has 130 valence electrons. The van der Waals surface area contributed by atoms with Crippen molar-refractivity contribution in [2.45, 2.75) is 12.5 Å². The van der Waals surface area contributed by atoms with E-state index >= 15 is 0 Å². The Hall–Kier alpha value is -2.17. The molecule has 2 saturated heterocycles. The predicted octanol–water partition coefficient (Wildman–Crippen LogP) is 2.47. The lowest BCUT2D eigenvalue weighted by atomic mass is 9.98. The third-order valence-electron chi connectivity index (χ3n) is 5.39. The third kappa shape index (κ3) is 3.46. The van der Waals surface area contributed by atoms with Gasteiger partial charge in [-0.2, -0.15) is 0 Å². The zero-order valence-corrected chi connectivity index (χ0v) is 14.5. The van der Waals surface area contributed by atoms with Crippen LogP contribution in [0.4, 0.5) is 0 Å². The second-order valence-electron chi connectivity index (χ2n) is 6.89. The smallest absolute Gasteiger partial charge is 0.254 e. The van der Waals surface area contributed by atoms with Gasteiger partial charge < -0.3 is 10.2 Å². The maximum Gasteiger partial charge on any atom is 0.254 e. The Morgan fingerprint density at radius 1 is 0.920 bits per heavy atom. The molecule has 4 nitrogen and oxygen atoms in total. The molecule has 25 heavy (non-hydrogen) atoms. The Balaban J connectivity index is 1.49. The van der Waals surface area contributed by atoms with E-state index in [0.717, 1.165) is 56.0 Å². The van der Waals surface area contributed by atoms with Gasteiger partial charge in [-0.3, -0.25) is 9.69 Å². The number of amides is 1. The van der Waals surface area contributed by atoms with Gasteiger partial charge >= 0.3 is 0 Å². The Morgan fingerprint density at radius 2 is 1.64 bits per heavy atom. The van der Waals surface area contributed by atoms with Gasteiger partial charge in [-0.1, -0.05) is 48.5 Å². The van der Waals surface area contributed by atoms with E-state index in [1.54, 1.807) is 0 Å². The summed E-state index contributed by atoms with van der Waals surface area (Å²) in [6, 6.07) is 18.8. The summed E-state index contributed by atoms with van der Waals surface area (Å²) in [5.41, 5.74) is 2.93. The van der Waals surface area contributed by atoms with Crippen molar-refractivity contribution < 1.29 is 4.79 Å². The number of nitrogens with one attached hydrogen (secondary N) is 1. The topological polar surface area (TPSA) is 35.6 Å². The average Bonchev–Trinajstić information content (AvgIpc) is 3.23. The van der Waals surface area contributed by atoms with E-state index in [9.17, 15) is 4.79 Å². The SMILES string of the molecule is O=C(c1ccccc1-c1ccccc1)N1CCN([C@@H]2CCNC2)CC1. The van der Waals surface area contributed by atoms with Crippen LogP contribution in [-0.4, -0.2) is 61.0 Å². The van der Waals surface area contributed by atoms with Crippen molar-refractivity contribution in [1.29, 1.82) is 0 Å². The summed E-state index contributed by atoms with van der Waals surface area (Å²) in [4.78, 5) is 17.7. The van der Waals surface area contributed by atoms with E-state index in [0.29, 0.717) is 6.04 Å². The molecular formula is C21H25N3O. The number of piperazine rings is 1. The second-order valence-corrected chi connectivity index (χ2v) is 6.89. The molecule has 2 fully saturated rings.